The summed E-state index contributed by atoms with van der Waals surface area (Å²) in [7, 11) is 0. The van der Waals surface area contributed by atoms with Gasteiger partial charge in [0.25, 0.3) is 5.56 Å². The average Bonchev–Trinajstić information content (AvgIpc) is 2.49. The number of nitrogens with one attached hydrogen (secondary N) is 1. The number of hydrogen-bond acceptors (Lipinski definition) is 3. The van der Waals surface area contributed by atoms with Crippen molar-refractivity contribution in [3.8, 4) is 0 Å². The van der Waals surface area contributed by atoms with Gasteiger partial charge in [0, 0.05) is 18.5 Å². The number of rotatable bonds is 6. The summed E-state index contributed by atoms with van der Waals surface area (Å²) in [5, 5.41) is 7.35. The van der Waals surface area contributed by atoms with Crippen LogP contribution in [-0.2, 0) is 24.2 Å². The Bertz CT molecular complexity index is 547. The van der Waals surface area contributed by atoms with Crippen molar-refractivity contribution in [1.82, 2.24) is 15.1 Å². The van der Waals surface area contributed by atoms with Crippen LogP contribution >= 0.6 is 0 Å². The van der Waals surface area contributed by atoms with Crippen LogP contribution in [0.3, 0.4) is 0 Å². The highest BCUT2D eigenvalue weighted by Crippen LogP contribution is 2.16. The summed E-state index contributed by atoms with van der Waals surface area (Å²) in [5.74, 6) is 0.143. The van der Waals surface area contributed by atoms with E-state index in [-0.39, 0.29) is 17.4 Å². The molecule has 116 valence electrons. The molecule has 0 saturated heterocycles. The fraction of sp³-hybridized carbons (Fsp3) is 0.688. The minimum atomic E-state index is -0.0626. The Labute approximate surface area is 125 Å². The molecule has 5 heteroatoms. The molecule has 0 unspecified atom stereocenters. The van der Waals surface area contributed by atoms with E-state index >= 15 is 0 Å². The molecule has 21 heavy (non-hydrogen) atoms. The van der Waals surface area contributed by atoms with Gasteiger partial charge in [0.2, 0.25) is 5.91 Å². The topological polar surface area (TPSA) is 64.0 Å². The fourth-order valence-electron chi connectivity index (χ4n) is 2.85. The molecule has 5 nitrogen and oxygen atoms in total. The molecule has 0 aliphatic heterocycles. The first-order chi connectivity index (χ1) is 10.2. The van der Waals surface area contributed by atoms with Crippen molar-refractivity contribution in [2.45, 2.75) is 58.9 Å². The maximum absolute atomic E-state index is 12.0. The quantitative estimate of drug-likeness (QED) is 0.867. The number of fused-ring (bicyclic) bond motifs is 1. The first-order valence-corrected chi connectivity index (χ1v) is 8.03. The zero-order valence-electron chi connectivity index (χ0n) is 13.0. The predicted molar refractivity (Wildman–Crippen MR) is 82.2 cm³/mol. The van der Waals surface area contributed by atoms with Crippen molar-refractivity contribution in [1.29, 1.82) is 0 Å². The maximum atomic E-state index is 12.0. The Hall–Kier alpha value is -1.65. The van der Waals surface area contributed by atoms with Gasteiger partial charge in [0.1, 0.15) is 0 Å². The van der Waals surface area contributed by atoms with Crippen molar-refractivity contribution < 1.29 is 4.79 Å². The van der Waals surface area contributed by atoms with Crippen molar-refractivity contribution in [2.24, 2.45) is 5.92 Å². The third-order valence-corrected chi connectivity index (χ3v) is 4.25. The summed E-state index contributed by atoms with van der Waals surface area (Å²) in [6.07, 6.45) is 5.89. The Balaban J connectivity index is 1.94. The zero-order chi connectivity index (χ0) is 15.2. The van der Waals surface area contributed by atoms with Gasteiger partial charge in [-0.2, -0.15) is 5.10 Å². The summed E-state index contributed by atoms with van der Waals surface area (Å²) in [6.45, 7) is 4.94. The van der Waals surface area contributed by atoms with Crippen LogP contribution in [0.15, 0.2) is 10.9 Å². The van der Waals surface area contributed by atoms with Crippen LogP contribution in [0, 0.1) is 5.92 Å². The normalized spacial score (nSPS) is 14.0. The molecule has 0 atom stereocenters. The highest BCUT2D eigenvalue weighted by Gasteiger charge is 2.15. The van der Waals surface area contributed by atoms with Crippen LogP contribution in [0.1, 0.15) is 50.8 Å². The Morgan fingerprint density at radius 2 is 2.05 bits per heavy atom. The molecular formula is C16H25N3O2. The van der Waals surface area contributed by atoms with Gasteiger partial charge in [0.15, 0.2) is 0 Å². The molecule has 1 heterocycles. The smallest absolute Gasteiger partial charge is 0.267 e. The zero-order valence-corrected chi connectivity index (χ0v) is 13.0. The standard InChI is InChI=1S/C16H25N3O2/c1-3-12(4-2)16(21)17-9-10-19-15(20)11-13-7-5-6-8-14(13)18-19/h11-12H,3-10H2,1-2H3,(H,17,21). The van der Waals surface area contributed by atoms with Gasteiger partial charge >= 0.3 is 0 Å². The minimum absolute atomic E-state index is 0.0626. The number of carbonyl (C=O) groups is 1. The van der Waals surface area contributed by atoms with E-state index in [1.807, 2.05) is 13.8 Å². The SMILES string of the molecule is CCC(CC)C(=O)NCCn1nc2c(cc1=O)CCCC2. The Morgan fingerprint density at radius 3 is 2.76 bits per heavy atom. The van der Waals surface area contributed by atoms with E-state index < -0.39 is 0 Å². The molecule has 0 aromatic carbocycles. The van der Waals surface area contributed by atoms with Gasteiger partial charge in [-0.25, -0.2) is 4.68 Å². The summed E-state index contributed by atoms with van der Waals surface area (Å²) in [6, 6.07) is 1.71. The van der Waals surface area contributed by atoms with Gasteiger partial charge in [-0.15, -0.1) is 0 Å². The summed E-state index contributed by atoms with van der Waals surface area (Å²) in [5.41, 5.74) is 2.09. The number of aryl methyl sites for hydroxylation is 2. The third-order valence-electron chi connectivity index (χ3n) is 4.25. The Morgan fingerprint density at radius 1 is 1.33 bits per heavy atom. The molecule has 0 radical (unpaired) electrons. The van der Waals surface area contributed by atoms with Crippen LogP contribution < -0.4 is 10.9 Å². The lowest BCUT2D eigenvalue weighted by Gasteiger charge is -2.16. The van der Waals surface area contributed by atoms with Crippen LogP contribution in [0.2, 0.25) is 0 Å². The van der Waals surface area contributed by atoms with Crippen molar-refractivity contribution >= 4 is 5.91 Å². The van der Waals surface area contributed by atoms with E-state index in [9.17, 15) is 9.59 Å². The number of carbonyl (C=O) groups excluding carboxylic acids is 1. The molecule has 1 aromatic heterocycles. The third kappa shape index (κ3) is 3.93. The van der Waals surface area contributed by atoms with E-state index in [4.69, 9.17) is 0 Å². The monoisotopic (exact) mass is 291 g/mol. The molecule has 1 aliphatic carbocycles. The van der Waals surface area contributed by atoms with Crippen molar-refractivity contribution in [3.63, 3.8) is 0 Å². The number of nitrogens with zero attached hydrogens (tertiary/aromatic N) is 2. The van der Waals surface area contributed by atoms with Crippen LogP contribution in [-0.4, -0.2) is 22.2 Å². The average molecular weight is 291 g/mol. The van der Waals surface area contributed by atoms with Gasteiger partial charge in [0.05, 0.1) is 12.2 Å². The maximum Gasteiger partial charge on any atom is 0.267 e. The van der Waals surface area contributed by atoms with E-state index in [1.54, 1.807) is 6.07 Å². The first-order valence-electron chi connectivity index (χ1n) is 8.03. The second-order valence-electron chi connectivity index (χ2n) is 5.69. The summed E-state index contributed by atoms with van der Waals surface area (Å²) >= 11 is 0. The van der Waals surface area contributed by atoms with Gasteiger partial charge in [-0.1, -0.05) is 13.8 Å². The second-order valence-corrected chi connectivity index (χ2v) is 5.69. The van der Waals surface area contributed by atoms with E-state index in [0.29, 0.717) is 13.1 Å². The predicted octanol–water partition coefficient (Wildman–Crippen LogP) is 1.67. The van der Waals surface area contributed by atoms with Gasteiger partial charge < -0.3 is 5.32 Å². The number of amides is 1. The van der Waals surface area contributed by atoms with Crippen molar-refractivity contribution in [3.05, 3.63) is 27.7 Å². The molecular weight excluding hydrogens is 266 g/mol. The molecule has 0 spiro atoms. The lowest BCUT2D eigenvalue weighted by Crippen LogP contribution is -2.35. The molecule has 0 saturated carbocycles. The highest BCUT2D eigenvalue weighted by atomic mass is 16.2. The number of hydrogen-bond donors (Lipinski definition) is 1. The second kappa shape index (κ2) is 7.38. The van der Waals surface area contributed by atoms with E-state index in [0.717, 1.165) is 49.8 Å². The minimum Gasteiger partial charge on any atom is -0.354 e. The molecule has 1 N–H and O–H groups in total. The molecule has 2 rings (SSSR count). The Kier molecular flexibility index (Phi) is 5.53. The fourth-order valence-corrected chi connectivity index (χ4v) is 2.85. The molecule has 1 amide bonds. The lowest BCUT2D eigenvalue weighted by molar-refractivity contribution is -0.125. The van der Waals surface area contributed by atoms with Gasteiger partial charge in [-0.3, -0.25) is 9.59 Å². The molecule has 1 aliphatic rings. The summed E-state index contributed by atoms with van der Waals surface area (Å²) in [4.78, 5) is 23.9. The summed E-state index contributed by atoms with van der Waals surface area (Å²) < 4.78 is 1.48. The van der Waals surface area contributed by atoms with E-state index in [1.165, 1.54) is 4.68 Å². The van der Waals surface area contributed by atoms with Crippen LogP contribution in [0.4, 0.5) is 0 Å². The molecule has 1 aromatic rings. The molecule has 0 bridgehead atoms. The first kappa shape index (κ1) is 15.7. The largest absolute Gasteiger partial charge is 0.354 e. The van der Waals surface area contributed by atoms with Gasteiger partial charge in [-0.05, 0) is 44.1 Å². The van der Waals surface area contributed by atoms with E-state index in [2.05, 4.69) is 10.4 Å². The highest BCUT2D eigenvalue weighted by molar-refractivity contribution is 5.78. The van der Waals surface area contributed by atoms with Crippen molar-refractivity contribution in [2.75, 3.05) is 6.54 Å². The van der Waals surface area contributed by atoms with Crippen LogP contribution in [0.25, 0.3) is 0 Å². The lowest BCUT2D eigenvalue weighted by atomic mass is 9.97. The van der Waals surface area contributed by atoms with Crippen LogP contribution in [0.5, 0.6) is 0 Å². The molecule has 0 fully saturated rings. The number of aromatic nitrogens is 2.